The Balaban J connectivity index is 1.34. The van der Waals surface area contributed by atoms with Crippen LogP contribution in [0.4, 0.5) is 5.69 Å². The van der Waals surface area contributed by atoms with Crippen LogP contribution in [0.25, 0.3) is 0 Å². The summed E-state index contributed by atoms with van der Waals surface area (Å²) in [5.41, 5.74) is 3.09. The Bertz CT molecular complexity index is 672. The average molecular weight is 401 g/mol. The number of amides is 2. The number of carbonyl (C=O) groups is 2. The van der Waals surface area contributed by atoms with Gasteiger partial charge in [0.1, 0.15) is 0 Å². The fourth-order valence-corrected chi connectivity index (χ4v) is 4.41. The summed E-state index contributed by atoms with van der Waals surface area (Å²) < 4.78 is 0. The first kappa shape index (κ1) is 21.8. The van der Waals surface area contributed by atoms with Crippen LogP contribution in [0.1, 0.15) is 43.2 Å². The molecule has 1 aromatic rings. The molecule has 2 N–H and O–H groups in total. The molecule has 0 bridgehead atoms. The Kier molecular flexibility index (Phi) is 8.07. The van der Waals surface area contributed by atoms with Crippen molar-refractivity contribution in [3.63, 3.8) is 0 Å². The molecule has 6 heteroatoms. The standard InChI is InChI=1S/C23H36N4O2/c1-18-7-6-8-19(2)23(18)25-22(29)17-27-13-11-26(12-14-27)16-21(28)24-15-20-9-4-3-5-10-20/h6-8,20H,3-5,9-17H2,1-2H3,(H,24,28)(H,25,29). The minimum absolute atomic E-state index is 0.0288. The van der Waals surface area contributed by atoms with Crippen molar-refractivity contribution in [1.82, 2.24) is 15.1 Å². The Hall–Kier alpha value is -1.92. The molecule has 1 aliphatic carbocycles. The molecular weight excluding hydrogens is 364 g/mol. The number of nitrogens with one attached hydrogen (secondary N) is 2. The summed E-state index contributed by atoms with van der Waals surface area (Å²) in [6.07, 6.45) is 6.46. The smallest absolute Gasteiger partial charge is 0.238 e. The topological polar surface area (TPSA) is 64.7 Å². The van der Waals surface area contributed by atoms with E-state index in [9.17, 15) is 9.59 Å². The molecule has 2 amide bonds. The number of aryl methyl sites for hydroxylation is 2. The summed E-state index contributed by atoms with van der Waals surface area (Å²) in [5.74, 6) is 0.831. The second-order valence-corrected chi connectivity index (χ2v) is 8.68. The van der Waals surface area contributed by atoms with Gasteiger partial charge in [-0.3, -0.25) is 19.4 Å². The van der Waals surface area contributed by atoms with Gasteiger partial charge in [0, 0.05) is 38.4 Å². The van der Waals surface area contributed by atoms with Gasteiger partial charge in [-0.25, -0.2) is 0 Å². The van der Waals surface area contributed by atoms with E-state index in [1.807, 2.05) is 32.0 Å². The highest BCUT2D eigenvalue weighted by molar-refractivity contribution is 5.93. The van der Waals surface area contributed by atoms with Gasteiger partial charge in [-0.2, -0.15) is 0 Å². The van der Waals surface area contributed by atoms with Crippen molar-refractivity contribution in [3.8, 4) is 0 Å². The maximum Gasteiger partial charge on any atom is 0.238 e. The maximum atomic E-state index is 12.4. The molecular formula is C23H36N4O2. The molecule has 6 nitrogen and oxygen atoms in total. The van der Waals surface area contributed by atoms with Crippen molar-refractivity contribution in [2.75, 3.05) is 51.1 Å². The molecule has 160 valence electrons. The monoisotopic (exact) mass is 400 g/mol. The molecule has 2 fully saturated rings. The van der Waals surface area contributed by atoms with Gasteiger partial charge >= 0.3 is 0 Å². The first-order valence-electron chi connectivity index (χ1n) is 11.1. The molecule has 29 heavy (non-hydrogen) atoms. The van der Waals surface area contributed by atoms with Crippen LogP contribution in [0, 0.1) is 19.8 Å². The van der Waals surface area contributed by atoms with E-state index in [-0.39, 0.29) is 11.8 Å². The predicted octanol–water partition coefficient (Wildman–Crippen LogP) is 2.56. The highest BCUT2D eigenvalue weighted by Crippen LogP contribution is 2.22. The first-order valence-corrected chi connectivity index (χ1v) is 11.1. The largest absolute Gasteiger partial charge is 0.355 e. The van der Waals surface area contributed by atoms with Gasteiger partial charge < -0.3 is 10.6 Å². The third-order valence-corrected chi connectivity index (χ3v) is 6.26. The second kappa shape index (κ2) is 10.7. The average Bonchev–Trinajstić information content (AvgIpc) is 2.72. The van der Waals surface area contributed by atoms with E-state index >= 15 is 0 Å². The van der Waals surface area contributed by atoms with Crippen LogP contribution >= 0.6 is 0 Å². The number of para-hydroxylation sites is 1. The fourth-order valence-electron chi connectivity index (χ4n) is 4.41. The summed E-state index contributed by atoms with van der Waals surface area (Å²) in [6, 6.07) is 6.03. The van der Waals surface area contributed by atoms with E-state index in [0.29, 0.717) is 19.0 Å². The minimum atomic E-state index is 0.0288. The molecule has 1 saturated carbocycles. The van der Waals surface area contributed by atoms with Gasteiger partial charge in [0.15, 0.2) is 0 Å². The van der Waals surface area contributed by atoms with Crippen molar-refractivity contribution in [2.24, 2.45) is 5.92 Å². The maximum absolute atomic E-state index is 12.4. The zero-order valence-electron chi connectivity index (χ0n) is 18.0. The van der Waals surface area contributed by atoms with Gasteiger partial charge in [-0.15, -0.1) is 0 Å². The Morgan fingerprint density at radius 2 is 1.45 bits per heavy atom. The number of hydrogen-bond acceptors (Lipinski definition) is 4. The van der Waals surface area contributed by atoms with Crippen LogP contribution in [0.2, 0.25) is 0 Å². The second-order valence-electron chi connectivity index (χ2n) is 8.68. The summed E-state index contributed by atoms with van der Waals surface area (Å²) in [5, 5.41) is 6.18. The van der Waals surface area contributed by atoms with Gasteiger partial charge in [0.25, 0.3) is 0 Å². The Morgan fingerprint density at radius 3 is 2.03 bits per heavy atom. The van der Waals surface area contributed by atoms with Crippen LogP contribution in [-0.2, 0) is 9.59 Å². The summed E-state index contributed by atoms with van der Waals surface area (Å²) in [6.45, 7) is 9.01. The Morgan fingerprint density at radius 1 is 0.897 bits per heavy atom. The van der Waals surface area contributed by atoms with Crippen molar-refractivity contribution in [1.29, 1.82) is 0 Å². The van der Waals surface area contributed by atoms with E-state index < -0.39 is 0 Å². The highest BCUT2D eigenvalue weighted by atomic mass is 16.2. The zero-order chi connectivity index (χ0) is 20.6. The van der Waals surface area contributed by atoms with Gasteiger partial charge in [0.05, 0.1) is 13.1 Å². The lowest BCUT2D eigenvalue weighted by Crippen LogP contribution is -2.51. The van der Waals surface area contributed by atoms with Gasteiger partial charge in [-0.1, -0.05) is 37.5 Å². The third-order valence-electron chi connectivity index (χ3n) is 6.26. The molecule has 1 aliphatic heterocycles. The molecule has 1 saturated heterocycles. The van der Waals surface area contributed by atoms with Crippen molar-refractivity contribution in [3.05, 3.63) is 29.3 Å². The number of rotatable bonds is 7. The van der Waals surface area contributed by atoms with Crippen molar-refractivity contribution < 1.29 is 9.59 Å². The van der Waals surface area contributed by atoms with Crippen LogP contribution in [0.5, 0.6) is 0 Å². The van der Waals surface area contributed by atoms with Crippen LogP contribution in [0.3, 0.4) is 0 Å². The van der Waals surface area contributed by atoms with E-state index in [0.717, 1.165) is 49.5 Å². The Labute approximate surface area is 175 Å². The summed E-state index contributed by atoms with van der Waals surface area (Å²) in [4.78, 5) is 29.1. The lowest BCUT2D eigenvalue weighted by Gasteiger charge is -2.34. The van der Waals surface area contributed by atoms with E-state index in [1.165, 1.54) is 32.1 Å². The van der Waals surface area contributed by atoms with Crippen LogP contribution in [0.15, 0.2) is 18.2 Å². The number of piperazine rings is 1. The van der Waals surface area contributed by atoms with Crippen molar-refractivity contribution >= 4 is 17.5 Å². The molecule has 0 spiro atoms. The van der Waals surface area contributed by atoms with E-state index in [4.69, 9.17) is 0 Å². The molecule has 0 aromatic heterocycles. The molecule has 1 heterocycles. The van der Waals surface area contributed by atoms with Gasteiger partial charge in [-0.05, 0) is 43.7 Å². The zero-order valence-corrected chi connectivity index (χ0v) is 18.0. The van der Waals surface area contributed by atoms with Crippen LogP contribution in [-0.4, -0.2) is 67.4 Å². The quantitative estimate of drug-likeness (QED) is 0.738. The highest BCUT2D eigenvalue weighted by Gasteiger charge is 2.21. The lowest BCUT2D eigenvalue weighted by atomic mass is 9.89. The minimum Gasteiger partial charge on any atom is -0.355 e. The molecule has 3 rings (SSSR count). The van der Waals surface area contributed by atoms with E-state index in [2.05, 4.69) is 20.4 Å². The molecule has 0 unspecified atom stereocenters. The van der Waals surface area contributed by atoms with Crippen LogP contribution < -0.4 is 10.6 Å². The molecule has 1 aromatic carbocycles. The number of benzene rings is 1. The number of anilines is 1. The number of nitrogens with zero attached hydrogens (tertiary/aromatic N) is 2. The molecule has 0 atom stereocenters. The first-order chi connectivity index (χ1) is 14.0. The van der Waals surface area contributed by atoms with Crippen molar-refractivity contribution in [2.45, 2.75) is 46.0 Å². The lowest BCUT2D eigenvalue weighted by molar-refractivity contribution is -0.123. The normalized spacial score (nSPS) is 19.1. The summed E-state index contributed by atoms with van der Waals surface area (Å²) >= 11 is 0. The fraction of sp³-hybridized carbons (Fsp3) is 0.652. The molecule has 0 radical (unpaired) electrons. The van der Waals surface area contributed by atoms with E-state index in [1.54, 1.807) is 0 Å². The van der Waals surface area contributed by atoms with Gasteiger partial charge in [0.2, 0.25) is 11.8 Å². The summed E-state index contributed by atoms with van der Waals surface area (Å²) in [7, 11) is 0. The third kappa shape index (κ3) is 6.82. The number of carbonyl (C=O) groups excluding carboxylic acids is 2. The molecule has 2 aliphatic rings. The predicted molar refractivity (Wildman–Crippen MR) is 117 cm³/mol. The number of hydrogen-bond donors (Lipinski definition) is 2. The SMILES string of the molecule is Cc1cccc(C)c1NC(=O)CN1CCN(CC(=O)NCC2CCCCC2)CC1.